The summed E-state index contributed by atoms with van der Waals surface area (Å²) >= 11 is 6.08. The number of halogens is 1. The van der Waals surface area contributed by atoms with E-state index in [9.17, 15) is 4.79 Å². The molecule has 0 saturated heterocycles. The largest absolute Gasteiger partial charge is 0.363 e. The third-order valence-corrected chi connectivity index (χ3v) is 6.65. The quantitative estimate of drug-likeness (QED) is 0.622. The van der Waals surface area contributed by atoms with Gasteiger partial charge in [0.25, 0.3) is 0 Å². The lowest BCUT2D eigenvalue weighted by Gasteiger charge is -2.39. The van der Waals surface area contributed by atoms with Crippen molar-refractivity contribution in [1.29, 1.82) is 0 Å². The van der Waals surface area contributed by atoms with Gasteiger partial charge in [0.2, 0.25) is 0 Å². The van der Waals surface area contributed by atoms with Crippen molar-refractivity contribution in [2.24, 2.45) is 11.3 Å². The fourth-order valence-corrected chi connectivity index (χ4v) is 4.61. The van der Waals surface area contributed by atoms with E-state index in [-0.39, 0.29) is 23.3 Å². The number of benzene rings is 1. The Bertz CT molecular complexity index is 985. The maximum absolute atomic E-state index is 13.7. The molecule has 0 amide bonds. The molecule has 0 radical (unpaired) electrons. The number of Topliss-reactive ketones (excluding diaryl/α,β-unsaturated/α-hetero) is 1. The molecule has 0 bridgehead atoms. The zero-order valence-electron chi connectivity index (χ0n) is 17.4. The van der Waals surface area contributed by atoms with Crippen LogP contribution in [-0.2, 0) is 5.54 Å². The van der Waals surface area contributed by atoms with Crippen molar-refractivity contribution in [1.82, 2.24) is 9.78 Å². The molecule has 1 aromatic heterocycles. The summed E-state index contributed by atoms with van der Waals surface area (Å²) < 4.78 is 1.98. The highest BCUT2D eigenvalue weighted by Crippen LogP contribution is 2.43. The molecule has 2 heterocycles. The number of fused-ring (bicyclic) bond motifs is 1. The summed E-state index contributed by atoms with van der Waals surface area (Å²) in [7, 11) is 0. The summed E-state index contributed by atoms with van der Waals surface area (Å²) in [5.41, 5.74) is 1.14. The standard InChI is InChI=1S/C24H28ClN3O/c1-23(2)14-20(16-8-6-5-7-9-16)27-22-19(15-26-28(22)23)21(29)24(3,4)17-10-12-18(25)13-11-17/h5-10,12-13,15,17,20,27H,11,14H2,1-4H3. The van der Waals surface area contributed by atoms with E-state index in [1.807, 2.05) is 36.7 Å². The lowest BCUT2D eigenvalue weighted by Crippen LogP contribution is -2.39. The van der Waals surface area contributed by atoms with Crippen LogP contribution in [0.4, 0.5) is 5.82 Å². The molecule has 1 N–H and O–H groups in total. The number of hydrogen-bond acceptors (Lipinski definition) is 3. The Morgan fingerprint density at radius 2 is 2.00 bits per heavy atom. The molecular weight excluding hydrogens is 382 g/mol. The van der Waals surface area contributed by atoms with E-state index in [1.165, 1.54) is 5.56 Å². The predicted molar refractivity (Wildman–Crippen MR) is 118 cm³/mol. The van der Waals surface area contributed by atoms with Crippen LogP contribution in [0.2, 0.25) is 0 Å². The highest BCUT2D eigenvalue weighted by molar-refractivity contribution is 6.31. The van der Waals surface area contributed by atoms with Crippen LogP contribution in [-0.4, -0.2) is 15.6 Å². The van der Waals surface area contributed by atoms with E-state index < -0.39 is 5.41 Å². The van der Waals surface area contributed by atoms with Gasteiger partial charge in [0, 0.05) is 10.4 Å². The first kappa shape index (κ1) is 20.0. The molecule has 4 rings (SSSR count). The summed E-state index contributed by atoms with van der Waals surface area (Å²) in [6.07, 6.45) is 9.34. The number of allylic oxidation sites excluding steroid dienone is 4. The number of nitrogens with zero attached hydrogens (tertiary/aromatic N) is 2. The molecule has 29 heavy (non-hydrogen) atoms. The molecule has 2 aromatic rings. The number of anilines is 1. The van der Waals surface area contributed by atoms with Gasteiger partial charge >= 0.3 is 0 Å². The molecule has 152 valence electrons. The average molecular weight is 410 g/mol. The first-order valence-electron chi connectivity index (χ1n) is 10.2. The Labute approximate surface area is 177 Å². The van der Waals surface area contributed by atoms with Crippen LogP contribution in [0.15, 0.2) is 59.8 Å². The summed E-state index contributed by atoms with van der Waals surface area (Å²) in [4.78, 5) is 13.7. The van der Waals surface area contributed by atoms with Gasteiger partial charge in [0.15, 0.2) is 5.78 Å². The zero-order valence-corrected chi connectivity index (χ0v) is 18.2. The molecule has 0 saturated carbocycles. The van der Waals surface area contributed by atoms with E-state index >= 15 is 0 Å². The monoisotopic (exact) mass is 409 g/mol. The van der Waals surface area contributed by atoms with Crippen LogP contribution in [0, 0.1) is 11.3 Å². The Kier molecular flexibility index (Phi) is 4.94. The van der Waals surface area contributed by atoms with E-state index in [4.69, 9.17) is 11.6 Å². The second kappa shape index (κ2) is 7.17. The smallest absolute Gasteiger partial charge is 0.174 e. The van der Waals surface area contributed by atoms with Crippen LogP contribution in [0.1, 0.15) is 62.5 Å². The van der Waals surface area contributed by atoms with Crippen LogP contribution >= 0.6 is 11.6 Å². The van der Waals surface area contributed by atoms with Crippen LogP contribution in [0.5, 0.6) is 0 Å². The fourth-order valence-electron chi connectivity index (χ4n) is 4.45. The molecule has 2 aliphatic rings. The number of nitrogens with one attached hydrogen (secondary N) is 1. The average Bonchev–Trinajstić information content (AvgIpc) is 3.13. The summed E-state index contributed by atoms with van der Waals surface area (Å²) in [5.74, 6) is 1.04. The van der Waals surface area contributed by atoms with Crippen molar-refractivity contribution in [3.63, 3.8) is 0 Å². The van der Waals surface area contributed by atoms with Gasteiger partial charge < -0.3 is 5.32 Å². The third kappa shape index (κ3) is 3.55. The Morgan fingerprint density at radius 3 is 2.66 bits per heavy atom. The van der Waals surface area contributed by atoms with Crippen LogP contribution in [0.25, 0.3) is 0 Å². The lowest BCUT2D eigenvalue weighted by molar-refractivity contribution is 0.0780. The van der Waals surface area contributed by atoms with Crippen LogP contribution < -0.4 is 5.32 Å². The maximum atomic E-state index is 13.7. The molecule has 2 unspecified atom stereocenters. The number of aromatic nitrogens is 2. The normalized spacial score (nSPS) is 23.1. The van der Waals surface area contributed by atoms with Crippen molar-refractivity contribution in [2.75, 3.05) is 5.32 Å². The number of ketones is 1. The van der Waals surface area contributed by atoms with Gasteiger partial charge in [-0.25, -0.2) is 4.68 Å². The molecule has 5 heteroatoms. The first-order valence-corrected chi connectivity index (χ1v) is 10.6. The van der Waals surface area contributed by atoms with Gasteiger partial charge in [-0.2, -0.15) is 5.10 Å². The SMILES string of the molecule is CC(C)(C(=O)c1cnn2c1NC(c1ccccc1)CC2(C)C)C1C=CC(Cl)=CC1. The maximum Gasteiger partial charge on any atom is 0.174 e. The number of rotatable bonds is 4. The van der Waals surface area contributed by atoms with E-state index in [0.717, 1.165) is 23.7 Å². The summed E-state index contributed by atoms with van der Waals surface area (Å²) in [6, 6.07) is 10.5. The summed E-state index contributed by atoms with van der Waals surface area (Å²) in [5, 5.41) is 8.96. The van der Waals surface area contributed by atoms with Gasteiger partial charge in [-0.05, 0) is 44.2 Å². The van der Waals surface area contributed by atoms with Crippen LogP contribution in [0.3, 0.4) is 0 Å². The Balaban J connectivity index is 1.68. The third-order valence-electron chi connectivity index (χ3n) is 6.37. The summed E-state index contributed by atoms with van der Waals surface area (Å²) in [6.45, 7) is 8.39. The van der Waals surface area contributed by atoms with Gasteiger partial charge in [-0.15, -0.1) is 0 Å². The van der Waals surface area contributed by atoms with E-state index in [0.29, 0.717) is 5.56 Å². The van der Waals surface area contributed by atoms with Crippen molar-refractivity contribution in [3.05, 3.63) is 70.9 Å². The highest BCUT2D eigenvalue weighted by Gasteiger charge is 2.41. The molecule has 0 spiro atoms. The lowest BCUT2D eigenvalue weighted by atomic mass is 9.71. The molecule has 1 aromatic carbocycles. The second-order valence-electron chi connectivity index (χ2n) is 9.28. The number of carbonyl (C=O) groups is 1. The minimum atomic E-state index is -0.555. The van der Waals surface area contributed by atoms with Gasteiger partial charge in [-0.1, -0.05) is 67.9 Å². The predicted octanol–water partition coefficient (Wildman–Crippen LogP) is 6.08. The minimum Gasteiger partial charge on any atom is -0.363 e. The zero-order chi connectivity index (χ0) is 20.8. The molecule has 1 aliphatic carbocycles. The van der Waals surface area contributed by atoms with Crippen molar-refractivity contribution >= 4 is 23.2 Å². The van der Waals surface area contributed by atoms with Crippen molar-refractivity contribution < 1.29 is 4.79 Å². The van der Waals surface area contributed by atoms with Crippen molar-refractivity contribution in [3.8, 4) is 0 Å². The molecule has 0 fully saturated rings. The Hall–Kier alpha value is -2.33. The number of carbonyl (C=O) groups excluding carboxylic acids is 1. The number of hydrogen-bond donors (Lipinski definition) is 1. The van der Waals surface area contributed by atoms with Gasteiger partial charge in [-0.3, -0.25) is 4.79 Å². The molecule has 2 atom stereocenters. The fraction of sp³-hybridized carbons (Fsp3) is 0.417. The highest BCUT2D eigenvalue weighted by atomic mass is 35.5. The van der Waals surface area contributed by atoms with E-state index in [1.54, 1.807) is 6.20 Å². The van der Waals surface area contributed by atoms with Crippen molar-refractivity contribution in [2.45, 2.75) is 52.1 Å². The Morgan fingerprint density at radius 1 is 1.28 bits per heavy atom. The van der Waals surface area contributed by atoms with Gasteiger partial charge in [0.05, 0.1) is 23.3 Å². The van der Waals surface area contributed by atoms with E-state index in [2.05, 4.69) is 54.6 Å². The molecule has 1 aliphatic heterocycles. The van der Waals surface area contributed by atoms with Gasteiger partial charge in [0.1, 0.15) is 5.82 Å². The minimum absolute atomic E-state index is 0.106. The topological polar surface area (TPSA) is 46.9 Å². The molecular formula is C24H28ClN3O. The second-order valence-corrected chi connectivity index (χ2v) is 9.72. The first-order chi connectivity index (χ1) is 13.7. The molecule has 4 nitrogen and oxygen atoms in total.